The Bertz CT molecular complexity index is 4930. The molecular formula is C90H117N17O19S. The molecule has 0 bridgehead atoms. The summed E-state index contributed by atoms with van der Waals surface area (Å²) in [5.41, 5.74) is 8.87. The highest BCUT2D eigenvalue weighted by molar-refractivity contribution is 8.00. The highest BCUT2D eigenvalue weighted by Crippen LogP contribution is 2.27. The normalized spacial score (nSPS) is 22.3. The average Bonchev–Trinajstić information content (AvgIpc) is 1.68. The van der Waals surface area contributed by atoms with Crippen molar-refractivity contribution in [3.05, 3.63) is 168 Å². The summed E-state index contributed by atoms with van der Waals surface area (Å²) in [6, 6.07) is 14.0. The Kier molecular flexibility index (Phi) is 37.9. The van der Waals surface area contributed by atoms with E-state index in [1.807, 2.05) is 6.92 Å². The van der Waals surface area contributed by atoms with Gasteiger partial charge < -0.3 is 92.0 Å². The summed E-state index contributed by atoms with van der Waals surface area (Å²) >= 11 is 0.869. The third-order valence-electron chi connectivity index (χ3n) is 22.3. The molecule has 682 valence electrons. The molecule has 1 aliphatic rings. The maximum Gasteiger partial charge on any atom is 0.293 e. The van der Waals surface area contributed by atoms with Crippen molar-refractivity contribution in [3.63, 3.8) is 0 Å². The average molecular weight is 1770 g/mol. The Hall–Kier alpha value is -13.1. The van der Waals surface area contributed by atoms with Crippen molar-refractivity contribution in [1.82, 2.24) is 81.3 Å². The molecule has 36 nitrogen and oxygen atoms in total. The molecule has 3 aromatic heterocycles. The molecule has 0 unspecified atom stereocenters. The van der Waals surface area contributed by atoms with E-state index in [1.54, 1.807) is 88.5 Å². The molecule has 1 saturated heterocycles. The van der Waals surface area contributed by atoms with Crippen LogP contribution in [0.15, 0.2) is 134 Å². The number of aromatic amines is 3. The van der Waals surface area contributed by atoms with Gasteiger partial charge in [-0.3, -0.25) is 76.7 Å². The third kappa shape index (κ3) is 29.8. The van der Waals surface area contributed by atoms with Gasteiger partial charge in [0.15, 0.2) is 11.6 Å². The van der Waals surface area contributed by atoms with Gasteiger partial charge >= 0.3 is 0 Å². The Morgan fingerprint density at radius 2 is 1.07 bits per heavy atom. The van der Waals surface area contributed by atoms with Gasteiger partial charge in [0.05, 0.1) is 43.5 Å². The second kappa shape index (κ2) is 48.4. The second-order valence-electron chi connectivity index (χ2n) is 32.9. The molecule has 4 heterocycles. The van der Waals surface area contributed by atoms with E-state index in [-0.39, 0.29) is 81.0 Å². The lowest BCUT2D eigenvalue weighted by molar-refractivity contribution is -0.151. The number of nitrogens with zero attached hydrogens (tertiary/aromatic N) is 7. The SMILES string of the molecule is CCCC[C@H]1C(=O)N(C)CC(=O)C[C@@H](COC=O)C(=O)C[C@@H](C(C)C)C(=O)N(C)[C@@H](Cc2cnc[nH]2)C(=O)N[C@@H](Cc2ccc(O)cc2)C(=O)N(C)CC(=O)N[C@@H](Cc2c[nH]c3ccccc23)C(=O)N[C@@H](Cc2ccc(O)cc2)C(=O)N[C@@H](CC(C)C)C(=O)N[C@H](C(=O)CCC(N)=O)CSCC(=O)N[C@@H](Cc2ccccc2)C(=O)N(C)[C@@H](Cc2cnc[nH]2)C(=O)N1C. The van der Waals surface area contributed by atoms with E-state index in [0.29, 0.717) is 57.4 Å². The molecular weight excluding hydrogens is 1660 g/mol. The van der Waals surface area contributed by atoms with Gasteiger partial charge in [-0.25, -0.2) is 9.97 Å². The summed E-state index contributed by atoms with van der Waals surface area (Å²) in [6.07, 6.45) is 4.71. The van der Waals surface area contributed by atoms with E-state index in [1.165, 1.54) is 114 Å². The number of nitrogens with two attached hydrogens (primary N) is 1. The first-order valence-corrected chi connectivity index (χ1v) is 43.4. The molecule has 8 rings (SSSR count). The number of benzene rings is 4. The van der Waals surface area contributed by atoms with Gasteiger partial charge in [0.2, 0.25) is 70.9 Å². The zero-order valence-corrected chi connectivity index (χ0v) is 74.0. The molecule has 0 spiro atoms. The molecule has 1 aliphatic heterocycles. The van der Waals surface area contributed by atoms with Crippen LogP contribution in [-0.4, -0.2) is 275 Å². The number of aromatic hydroxyl groups is 2. The van der Waals surface area contributed by atoms with Crippen molar-refractivity contribution >= 4 is 117 Å². The summed E-state index contributed by atoms with van der Waals surface area (Å²) in [7, 11) is 6.67. The van der Waals surface area contributed by atoms with E-state index in [0.717, 1.165) is 31.4 Å². The summed E-state index contributed by atoms with van der Waals surface area (Å²) in [5, 5.41) is 38.0. The van der Waals surface area contributed by atoms with Crippen molar-refractivity contribution in [2.24, 2.45) is 29.4 Å². The summed E-state index contributed by atoms with van der Waals surface area (Å²) in [6.45, 7) is 6.76. The Morgan fingerprint density at radius 1 is 0.543 bits per heavy atom. The van der Waals surface area contributed by atoms with Crippen LogP contribution < -0.4 is 37.6 Å². The number of imidazole rings is 2. The van der Waals surface area contributed by atoms with Crippen LogP contribution in [0.2, 0.25) is 0 Å². The van der Waals surface area contributed by atoms with Crippen LogP contribution in [0.1, 0.15) is 120 Å². The quantitative estimate of drug-likeness (QED) is 0.0366. The molecule has 7 aromatic rings. The largest absolute Gasteiger partial charge is 0.508 e. The molecule has 0 aliphatic carbocycles. The number of para-hydroxylation sites is 1. The van der Waals surface area contributed by atoms with Gasteiger partial charge in [-0.1, -0.05) is 120 Å². The lowest BCUT2D eigenvalue weighted by atomic mass is 9.84. The minimum absolute atomic E-state index is 0.0676. The fraction of sp³-hybridized carbons (Fsp3) is 0.467. The minimum atomic E-state index is -1.58. The lowest BCUT2D eigenvalue weighted by Gasteiger charge is -2.36. The number of phenols is 2. The maximum atomic E-state index is 15.4. The number of thioether (sulfide) groups is 1. The first-order chi connectivity index (χ1) is 60.5. The first-order valence-electron chi connectivity index (χ1n) is 42.2. The number of aromatic nitrogens is 5. The van der Waals surface area contributed by atoms with Gasteiger partial charge in [-0.2, -0.15) is 0 Å². The number of ketones is 3. The number of primary amides is 1. The molecule has 37 heteroatoms. The summed E-state index contributed by atoms with van der Waals surface area (Å²) < 4.78 is 5.13. The number of phenolic OH excluding ortho intramolecular Hbond substituents is 2. The number of ether oxygens (including phenoxy) is 1. The summed E-state index contributed by atoms with van der Waals surface area (Å²) in [4.78, 5) is 257. The highest BCUT2D eigenvalue weighted by Gasteiger charge is 2.42. The number of carbonyl (C=O) groups is 16. The van der Waals surface area contributed by atoms with Crippen LogP contribution >= 0.6 is 11.8 Å². The fourth-order valence-corrected chi connectivity index (χ4v) is 16.0. The monoisotopic (exact) mass is 1770 g/mol. The number of hydrogen-bond donors (Lipinski definition) is 12. The lowest BCUT2D eigenvalue weighted by Crippen LogP contribution is -2.59. The van der Waals surface area contributed by atoms with Gasteiger partial charge in [0, 0.05) is 152 Å². The van der Waals surface area contributed by atoms with Crippen LogP contribution in [0.3, 0.4) is 0 Å². The summed E-state index contributed by atoms with van der Waals surface area (Å²) in [5.74, 6) is -16.6. The molecule has 12 amide bonds. The predicted molar refractivity (Wildman–Crippen MR) is 470 cm³/mol. The number of hydrogen-bond acceptors (Lipinski definition) is 22. The smallest absolute Gasteiger partial charge is 0.293 e. The maximum absolute atomic E-state index is 15.4. The van der Waals surface area contributed by atoms with Crippen molar-refractivity contribution in [2.75, 3.05) is 66.4 Å². The number of likely N-dealkylation sites (N-methyl/N-ethyl adjacent to an activating group) is 5. The number of fused-ring (bicyclic) bond motifs is 1. The van der Waals surface area contributed by atoms with Gasteiger partial charge in [0.25, 0.3) is 6.47 Å². The van der Waals surface area contributed by atoms with Gasteiger partial charge in [-0.05, 0) is 77.3 Å². The standard InChI is InChI=1S/C90H117N17O19S/c1-11-12-22-74-89(124)103(6)45-64(111)37-59(47-126-52-108)78(113)41-66(54(4)5)86(121)106(9)75(39-60-43-92-50-95-60)85(120)101-71(36-57-25-29-63(110)30-26-57)87(122)104(7)46-80(115)97-70(38-58-42-94-67-21-17-16-20-65(58)67)84(119)100-69(34-56-23-27-62(109)28-24-56)83(118)99-68(33-53(2)3)82(117)102-73(77(112)31-32-79(91)114)48-127-49-81(116)98-72(35-55-18-14-13-15-19-55)88(123)107(10)76(90(125)105(74)8)40-61-44-93-51-96-61/h13-21,23-30,42-44,50-54,59,66,68-76,94,109-110H,11-12,22,31-41,45-49H2,1-10H3,(H2,91,114)(H,92,95)(H,93,96)(H,97,115)(H,98,116)(H,99,118)(H,100,119)(H,101,120)(H,102,117)/t59-,66-,68-,69-,70-,71-,72-,73-,74-,75-,76-/m0/s1. The molecule has 11 atom stereocenters. The number of nitrogens with one attached hydrogen (secondary N) is 9. The second-order valence-corrected chi connectivity index (χ2v) is 34.0. The Balaban J connectivity index is 1.20. The third-order valence-corrected chi connectivity index (χ3v) is 23.4. The number of carbonyl (C=O) groups excluding carboxylic acids is 16. The van der Waals surface area contributed by atoms with E-state index in [2.05, 4.69) is 56.8 Å². The first kappa shape index (κ1) is 99.3. The van der Waals surface area contributed by atoms with Crippen LogP contribution in [0, 0.1) is 23.7 Å². The molecule has 13 N–H and O–H groups in total. The van der Waals surface area contributed by atoms with Gasteiger partial charge in [0.1, 0.15) is 72.2 Å². The van der Waals surface area contributed by atoms with Crippen molar-refractivity contribution in [3.8, 4) is 11.5 Å². The van der Waals surface area contributed by atoms with E-state index < -0.39 is 211 Å². The fourth-order valence-electron chi connectivity index (χ4n) is 15.1. The van der Waals surface area contributed by atoms with Gasteiger partial charge in [-0.15, -0.1) is 11.8 Å². The number of rotatable bonds is 25. The van der Waals surface area contributed by atoms with Crippen LogP contribution in [0.4, 0.5) is 0 Å². The molecule has 4 aromatic carbocycles. The van der Waals surface area contributed by atoms with Crippen molar-refractivity contribution < 1.29 is 91.7 Å². The predicted octanol–water partition coefficient (Wildman–Crippen LogP) is 2.89. The van der Waals surface area contributed by atoms with Crippen LogP contribution in [0.25, 0.3) is 10.9 Å². The van der Waals surface area contributed by atoms with E-state index in [4.69, 9.17) is 10.5 Å². The topological polar surface area (TPSA) is 510 Å². The number of amides is 12. The number of unbranched alkanes of at least 4 members (excludes halogenated alkanes) is 1. The molecule has 0 saturated carbocycles. The van der Waals surface area contributed by atoms with Crippen LogP contribution in [0.5, 0.6) is 11.5 Å². The Morgan fingerprint density at radius 3 is 1.65 bits per heavy atom. The van der Waals surface area contributed by atoms with E-state index >= 15 is 33.6 Å². The zero-order chi connectivity index (χ0) is 92.7. The molecule has 127 heavy (non-hydrogen) atoms. The minimum Gasteiger partial charge on any atom is -0.508 e. The highest BCUT2D eigenvalue weighted by atomic mass is 32.2. The van der Waals surface area contributed by atoms with E-state index in [9.17, 15) is 53.4 Å². The van der Waals surface area contributed by atoms with Crippen LogP contribution in [-0.2, 0) is 120 Å². The number of H-pyrrole nitrogens is 3. The van der Waals surface area contributed by atoms with Crippen molar-refractivity contribution in [1.29, 1.82) is 0 Å². The van der Waals surface area contributed by atoms with Crippen molar-refractivity contribution in [2.45, 2.75) is 179 Å². The molecule has 0 radical (unpaired) electrons. The molecule has 1 fully saturated rings. The number of Topliss-reactive ketones (excluding diaryl/α,β-unsaturated/α-hetero) is 3. The Labute approximate surface area is 740 Å². The zero-order valence-electron chi connectivity index (χ0n) is 73.2.